The second-order valence-corrected chi connectivity index (χ2v) is 35.8. The summed E-state index contributed by atoms with van der Waals surface area (Å²) in [6, 6.07) is 67.3. The van der Waals surface area contributed by atoms with E-state index in [4.69, 9.17) is 29.5 Å². The van der Waals surface area contributed by atoms with Gasteiger partial charge >= 0.3 is 12.0 Å². The van der Waals surface area contributed by atoms with E-state index in [2.05, 4.69) is 49.2 Å². The summed E-state index contributed by atoms with van der Waals surface area (Å²) >= 11 is 1.49. The topological polar surface area (TPSA) is 388 Å². The number of Topliss-reactive ketones (excluding diaryl/α,β-unsaturated/α-hetero) is 5. The van der Waals surface area contributed by atoms with Crippen LogP contribution in [0.2, 0.25) is 0 Å². The average molecular weight is 1890 g/mol. The summed E-state index contributed by atoms with van der Waals surface area (Å²) < 4.78 is 24.3. The third kappa shape index (κ3) is 38.0. The van der Waals surface area contributed by atoms with Gasteiger partial charge in [-0.2, -0.15) is 11.8 Å². The highest BCUT2D eigenvalue weighted by molar-refractivity contribution is 7.98. The molecule has 0 saturated carbocycles. The van der Waals surface area contributed by atoms with Crippen molar-refractivity contribution >= 4 is 87.7 Å². The molecule has 0 aliphatic carbocycles. The van der Waals surface area contributed by atoms with Crippen LogP contribution in [0.1, 0.15) is 153 Å². The average Bonchev–Trinajstić information content (AvgIpc) is 0.871. The Labute approximate surface area is 808 Å². The number of nitrogens with one attached hydrogen (secondary N) is 6. The molecule has 9 aromatic carbocycles. The second-order valence-electron chi connectivity index (χ2n) is 34.8. The van der Waals surface area contributed by atoms with Gasteiger partial charge in [0.2, 0.25) is 23.6 Å². The number of amides is 6. The van der Waals surface area contributed by atoms with Crippen molar-refractivity contribution in [1.29, 1.82) is 0 Å². The highest BCUT2D eigenvalue weighted by Crippen LogP contribution is 2.26. The van der Waals surface area contributed by atoms with E-state index < -0.39 is 169 Å². The fourth-order valence-electron chi connectivity index (χ4n) is 15.3. The molecule has 0 heterocycles. The standard InChI is InChI=1S/C109H131N9O18S/c1-8-75(4)96(119)36-25-58-132-59-60-133-73-101(124)113-94(63-83-47-43-80(44-48-83)41-39-78-26-15-10-16-27-78)98(121)67-91(72-134-70-85-32-21-13-22-33-85)107(127)116-103(77(6)135-71-86-34-23-14-24-35-86)99(122)66-90(68-111-109(129)112-69-100(123)93(110)57-61-137-7)106(126)114-95(64-84-49-45-81(46-50-84)42-40-79-28-17-11-18-29-79)97(120)65-89(62-82-30-19-12-20-31-82)105(125)115-102(76(5)9-2)108(128)136-117-104(87-51-37-74(3)38-52-87)88-53-55-92(56-54-88)118(130)131/h10-24,26-35,37-38,43-56,75-77,89-91,93-95,102-103H,8-9,25,36,39-42,57-73,110H2,1-7H3,(H,113,124)(H,114,126)(H,115,125)(H,116,127)(H2,111,112,129)/b117-104-/t75-,76?,77?,89+,90-,91-,93+,94-,95-,102-,103-/m0/s1. The van der Waals surface area contributed by atoms with Crippen molar-refractivity contribution in [1.82, 2.24) is 31.9 Å². The summed E-state index contributed by atoms with van der Waals surface area (Å²) in [5, 5.41) is 32.9. The maximum atomic E-state index is 16.0. The summed E-state index contributed by atoms with van der Waals surface area (Å²) in [4.78, 5) is 180. The number of carbonyl (C=O) groups excluding carboxylic acids is 11. The Morgan fingerprint density at radius 3 is 1.45 bits per heavy atom. The molecule has 0 bridgehead atoms. The first-order valence-corrected chi connectivity index (χ1v) is 48.5. The van der Waals surface area contributed by atoms with Gasteiger partial charge < -0.3 is 61.4 Å². The first-order valence-electron chi connectivity index (χ1n) is 47.1. The molecule has 0 fully saturated rings. The molecular weight excluding hydrogens is 1760 g/mol. The molecule has 28 heteroatoms. The summed E-state index contributed by atoms with van der Waals surface area (Å²) in [5.41, 5.74) is 15.7. The maximum Gasteiger partial charge on any atom is 0.357 e. The van der Waals surface area contributed by atoms with Crippen molar-refractivity contribution in [2.75, 3.05) is 58.1 Å². The Kier molecular flexibility index (Phi) is 46.1. The molecule has 137 heavy (non-hydrogen) atoms. The van der Waals surface area contributed by atoms with Gasteiger partial charge in [0.05, 0.1) is 80.6 Å². The van der Waals surface area contributed by atoms with Gasteiger partial charge in [-0.05, 0) is 158 Å². The molecule has 0 radical (unpaired) electrons. The Hall–Kier alpha value is -12.8. The number of benzene rings is 9. The smallest absolute Gasteiger partial charge is 0.357 e. The number of rotatable bonds is 62. The van der Waals surface area contributed by atoms with Gasteiger partial charge in [-0.15, -0.1) is 0 Å². The first kappa shape index (κ1) is 108. The molecule has 11 atom stereocenters. The molecule has 0 aromatic heterocycles. The van der Waals surface area contributed by atoms with E-state index in [-0.39, 0.29) is 68.8 Å². The van der Waals surface area contributed by atoms with Crippen LogP contribution in [0.4, 0.5) is 10.5 Å². The number of ether oxygens (including phenoxy) is 4. The van der Waals surface area contributed by atoms with Crippen LogP contribution >= 0.6 is 11.8 Å². The molecule has 0 saturated heterocycles. The van der Waals surface area contributed by atoms with Gasteiger partial charge in [0.25, 0.3) is 5.69 Å². The monoisotopic (exact) mass is 1890 g/mol. The number of hydrogen-bond acceptors (Lipinski definition) is 21. The lowest BCUT2D eigenvalue weighted by Gasteiger charge is -2.29. The summed E-state index contributed by atoms with van der Waals surface area (Å²) in [7, 11) is 0. The van der Waals surface area contributed by atoms with E-state index >= 15 is 28.8 Å². The molecule has 27 nitrogen and oxygen atoms in total. The molecule has 8 N–H and O–H groups in total. The lowest BCUT2D eigenvalue weighted by molar-refractivity contribution is -0.384. The number of thioether (sulfide) groups is 1. The van der Waals surface area contributed by atoms with Gasteiger partial charge in [0.1, 0.15) is 30.2 Å². The van der Waals surface area contributed by atoms with Crippen molar-refractivity contribution in [2.45, 2.75) is 187 Å². The van der Waals surface area contributed by atoms with E-state index in [0.29, 0.717) is 77.8 Å². The molecule has 2 unspecified atom stereocenters. The molecule has 726 valence electrons. The lowest BCUT2D eigenvalue weighted by Crippen LogP contribution is -2.54. The van der Waals surface area contributed by atoms with Crippen LogP contribution in [-0.4, -0.2) is 170 Å². The second kappa shape index (κ2) is 58.6. The molecule has 9 aromatic rings. The number of aryl methyl sites for hydroxylation is 5. The SMILES string of the molecule is CCC(C)[C@H](NC(=O)[C@@H](CC(=O)[C@H](Cc1ccc(CCc2ccccc2)cc1)NC(=O)[C@H](CNC(=O)NCC(=O)[C@H](N)CCSC)CC(=O)[C@@H](NC(=O)[C@H](COCc1ccccc1)CC(=O)[C@H](Cc1ccc(CCc2ccccc2)cc1)NC(=O)COCCOCCCC(=O)[C@@H](C)CC)C(C)OCc1ccccc1)Cc1ccccc1)C(=O)O/N=C(/c1ccc(C)cc1)c1ccc([N+](=O)[O-])cc1. The molecule has 0 aliphatic rings. The minimum atomic E-state index is -1.64. The van der Waals surface area contributed by atoms with Crippen LogP contribution in [-0.2, 0) is 130 Å². The normalized spacial score (nSPS) is 13.8. The first-order chi connectivity index (χ1) is 66.2. The zero-order valence-electron chi connectivity index (χ0n) is 79.4. The zero-order chi connectivity index (χ0) is 98.2. The van der Waals surface area contributed by atoms with Gasteiger partial charge in [-0.3, -0.25) is 53.3 Å². The molecular formula is C109H131N9O18S. The molecule has 9 rings (SSSR count). The summed E-state index contributed by atoms with van der Waals surface area (Å²) in [6.07, 6.45) is 3.74. The minimum Gasteiger partial charge on any atom is -0.379 e. The van der Waals surface area contributed by atoms with Gasteiger partial charge in [0, 0.05) is 73.9 Å². The van der Waals surface area contributed by atoms with E-state index in [9.17, 15) is 34.1 Å². The van der Waals surface area contributed by atoms with Crippen molar-refractivity contribution in [3.05, 3.63) is 326 Å². The van der Waals surface area contributed by atoms with Crippen LogP contribution in [0.15, 0.2) is 254 Å². The summed E-state index contributed by atoms with van der Waals surface area (Å²) in [5.74, 6) is -10.8. The maximum absolute atomic E-state index is 16.0. The third-order valence-electron chi connectivity index (χ3n) is 24.3. The fourth-order valence-corrected chi connectivity index (χ4v) is 15.8. The molecule has 6 amide bonds. The van der Waals surface area contributed by atoms with E-state index in [1.54, 1.807) is 80.6 Å². The predicted molar refractivity (Wildman–Crippen MR) is 530 cm³/mol. The summed E-state index contributed by atoms with van der Waals surface area (Å²) in [6.45, 7) is 9.27. The van der Waals surface area contributed by atoms with Crippen LogP contribution in [0, 0.1) is 46.6 Å². The Bertz CT molecular complexity index is 5340. The number of ketones is 5. The number of hydrogen-bond donors (Lipinski definition) is 7. The number of nitro benzene ring substituents is 1. The predicted octanol–water partition coefficient (Wildman–Crippen LogP) is 14.4. The lowest BCUT2D eigenvalue weighted by atomic mass is 9.88. The quantitative estimate of drug-likeness (QED) is 0.00612. The fraction of sp³-hybridized carbons (Fsp3) is 0.394. The number of urea groups is 1. The molecule has 0 aliphatic heterocycles. The third-order valence-corrected chi connectivity index (χ3v) is 24.9. The number of nitrogens with zero attached hydrogens (tertiary/aromatic N) is 2. The Morgan fingerprint density at radius 2 is 0.920 bits per heavy atom. The number of nitro groups is 1. The van der Waals surface area contributed by atoms with Gasteiger partial charge in [-0.25, -0.2) is 9.59 Å². The van der Waals surface area contributed by atoms with E-state index in [1.807, 2.05) is 180 Å². The van der Waals surface area contributed by atoms with Gasteiger partial charge in [0.15, 0.2) is 23.1 Å². The van der Waals surface area contributed by atoms with Crippen molar-refractivity contribution in [3.63, 3.8) is 0 Å². The van der Waals surface area contributed by atoms with E-state index in [0.717, 1.165) is 59.1 Å². The highest BCUT2D eigenvalue weighted by Gasteiger charge is 2.39. The number of carbonyl (C=O) groups is 11. The Balaban J connectivity index is 1.05. The zero-order valence-corrected chi connectivity index (χ0v) is 80.2. The van der Waals surface area contributed by atoms with Gasteiger partial charge in [-0.1, -0.05) is 269 Å². The van der Waals surface area contributed by atoms with Crippen molar-refractivity contribution in [2.24, 2.45) is 40.5 Å². The van der Waals surface area contributed by atoms with Crippen LogP contribution < -0.4 is 37.6 Å². The van der Waals surface area contributed by atoms with Crippen molar-refractivity contribution < 1.29 is 81.4 Å². The number of non-ortho nitro benzene ring substituents is 1. The largest absolute Gasteiger partial charge is 0.379 e. The van der Waals surface area contributed by atoms with Crippen LogP contribution in [0.3, 0.4) is 0 Å². The van der Waals surface area contributed by atoms with Crippen molar-refractivity contribution in [3.8, 4) is 0 Å². The van der Waals surface area contributed by atoms with Crippen LogP contribution in [0.5, 0.6) is 0 Å². The number of oxime groups is 1. The van der Waals surface area contributed by atoms with Crippen LogP contribution in [0.25, 0.3) is 0 Å². The number of nitrogens with two attached hydrogens (primary N) is 1. The Morgan fingerprint density at radius 1 is 0.460 bits per heavy atom. The molecule has 0 spiro atoms. The highest BCUT2D eigenvalue weighted by atomic mass is 32.2. The van der Waals surface area contributed by atoms with E-state index in [1.165, 1.54) is 36.0 Å². The minimum absolute atomic E-state index is 0.00937.